The van der Waals surface area contributed by atoms with Gasteiger partial charge in [0.15, 0.2) is 0 Å². The zero-order chi connectivity index (χ0) is 31.9. The lowest BCUT2D eigenvalue weighted by molar-refractivity contribution is -0.284. The maximum atomic E-state index is 13.0. The Kier molecular flexibility index (Phi) is 10.3. The molecule has 0 saturated heterocycles. The summed E-state index contributed by atoms with van der Waals surface area (Å²) in [6, 6.07) is 5.52. The Morgan fingerprint density at radius 3 is 2.34 bits per heavy atom. The number of aromatic hydroxyl groups is 1. The topological polar surface area (TPSA) is 63.9 Å². The van der Waals surface area contributed by atoms with E-state index in [0.29, 0.717) is 23.5 Å². The number of aliphatic hydroxyl groups is 2. The summed E-state index contributed by atoms with van der Waals surface area (Å²) in [5.74, 6) is -2.20. The van der Waals surface area contributed by atoms with Crippen LogP contribution in [0, 0.1) is 28.6 Å². The molecule has 0 bridgehead atoms. The van der Waals surface area contributed by atoms with Gasteiger partial charge in [0.05, 0.1) is 12.2 Å². The van der Waals surface area contributed by atoms with E-state index < -0.39 is 24.6 Å². The second-order valence-electron chi connectivity index (χ2n) is 14.5. The Morgan fingerprint density at radius 1 is 0.932 bits per heavy atom. The van der Waals surface area contributed by atoms with Crippen molar-refractivity contribution < 1.29 is 37.3 Å². The first kappa shape index (κ1) is 34.2. The van der Waals surface area contributed by atoms with Gasteiger partial charge in [-0.1, -0.05) is 25.8 Å². The summed E-state index contributed by atoms with van der Waals surface area (Å²) in [5, 5.41) is 33.2. The number of unbranched alkanes of at least 4 members (excludes halogenated alkanes) is 2. The minimum atomic E-state index is -5.47. The van der Waals surface area contributed by atoms with Crippen molar-refractivity contribution >= 4 is 11.8 Å². The molecule has 4 aliphatic carbocycles. The van der Waals surface area contributed by atoms with Crippen LogP contribution in [0.2, 0.25) is 0 Å². The molecule has 0 aliphatic heterocycles. The van der Waals surface area contributed by atoms with Gasteiger partial charge >= 0.3 is 12.1 Å². The largest absolute Gasteiger partial charge is 0.508 e. The van der Waals surface area contributed by atoms with Gasteiger partial charge in [-0.2, -0.15) is 33.7 Å². The van der Waals surface area contributed by atoms with Crippen molar-refractivity contribution in [1.82, 2.24) is 4.90 Å². The maximum absolute atomic E-state index is 13.0. The molecule has 3 fully saturated rings. The van der Waals surface area contributed by atoms with E-state index in [0.717, 1.165) is 88.6 Å². The molecule has 0 aromatic heterocycles. The van der Waals surface area contributed by atoms with E-state index in [1.165, 1.54) is 17.3 Å². The van der Waals surface area contributed by atoms with Crippen molar-refractivity contribution in [3.63, 3.8) is 0 Å². The summed E-state index contributed by atoms with van der Waals surface area (Å²) in [6.07, 6.45) is 2.43. The second kappa shape index (κ2) is 13.2. The Hall–Kier alpha value is -1.10. The molecule has 1 aromatic rings. The number of phenolic OH excluding ortho intramolecular Hbond substituents is 1. The van der Waals surface area contributed by atoms with Gasteiger partial charge in [-0.15, -0.1) is 0 Å². The number of fused-ring (bicyclic) bond motifs is 6. The Morgan fingerprint density at radius 2 is 1.64 bits per heavy atom. The van der Waals surface area contributed by atoms with Crippen molar-refractivity contribution in [2.24, 2.45) is 28.6 Å². The van der Waals surface area contributed by atoms with E-state index in [4.69, 9.17) is 0 Å². The normalized spacial score (nSPS) is 32.5. The number of rotatable bonds is 14. The van der Waals surface area contributed by atoms with Gasteiger partial charge in [0.2, 0.25) is 0 Å². The van der Waals surface area contributed by atoms with Crippen LogP contribution in [-0.4, -0.2) is 70.1 Å². The molecule has 4 nitrogen and oxygen atoms in total. The standard InChI is InChI=1S/C34H50F5NO3S/c1-31-13-11-24-23-10-9-22(41)20-26(23)30(43)25(29(24)27(31)21-28(42)32(31)14-15-32)8-4-3-5-16-40(2)17-7-19-44-18-6-12-33(35,36)34(37,38)39/h9-10,20,24-25,27-30,41-43H,3-8,11-19,21H2,1-2H3/t24?,25-,27?,28+,29?,30-,31-/m0/s1. The fourth-order valence-electron chi connectivity index (χ4n) is 9.49. The van der Waals surface area contributed by atoms with Crippen molar-refractivity contribution in [3.8, 4) is 5.75 Å². The molecule has 3 N–H and O–H groups in total. The molecule has 3 saturated carbocycles. The number of alkyl halides is 5. The molecule has 1 spiro atoms. The van der Waals surface area contributed by atoms with Crippen molar-refractivity contribution in [1.29, 1.82) is 0 Å². The lowest BCUT2D eigenvalue weighted by Crippen LogP contribution is -2.47. The van der Waals surface area contributed by atoms with Gasteiger partial charge in [-0.25, -0.2) is 0 Å². The number of hydrogen-bond acceptors (Lipinski definition) is 5. The Labute approximate surface area is 263 Å². The first-order valence-corrected chi connectivity index (χ1v) is 17.8. The highest BCUT2D eigenvalue weighted by Gasteiger charge is 2.71. The lowest BCUT2D eigenvalue weighted by Gasteiger charge is -2.55. The molecule has 10 heteroatoms. The smallest absolute Gasteiger partial charge is 0.453 e. The molecule has 5 rings (SSSR count). The van der Waals surface area contributed by atoms with Crippen molar-refractivity contribution in [2.75, 3.05) is 31.6 Å². The van der Waals surface area contributed by atoms with Crippen LogP contribution < -0.4 is 0 Å². The summed E-state index contributed by atoms with van der Waals surface area (Å²) in [7, 11) is 2.05. The molecular weight excluding hydrogens is 597 g/mol. The predicted molar refractivity (Wildman–Crippen MR) is 164 cm³/mol. The third-order valence-electron chi connectivity index (χ3n) is 12.1. The first-order valence-electron chi connectivity index (χ1n) is 16.6. The molecule has 7 atom stereocenters. The van der Waals surface area contributed by atoms with Crippen LogP contribution in [0.1, 0.15) is 107 Å². The Balaban J connectivity index is 1.07. The number of halogens is 5. The first-order chi connectivity index (χ1) is 20.7. The molecule has 44 heavy (non-hydrogen) atoms. The van der Waals surface area contributed by atoms with Crippen LogP contribution in [0.4, 0.5) is 22.0 Å². The third-order valence-corrected chi connectivity index (χ3v) is 13.2. The highest BCUT2D eigenvalue weighted by Crippen LogP contribution is 2.76. The number of nitrogens with zero attached hydrogens (tertiary/aromatic N) is 1. The molecule has 1 aromatic carbocycles. The fourth-order valence-corrected chi connectivity index (χ4v) is 10.4. The van der Waals surface area contributed by atoms with Gasteiger partial charge in [-0.3, -0.25) is 0 Å². The highest BCUT2D eigenvalue weighted by molar-refractivity contribution is 7.99. The van der Waals surface area contributed by atoms with Crippen LogP contribution in [0.5, 0.6) is 5.75 Å². The van der Waals surface area contributed by atoms with Gasteiger partial charge in [0.1, 0.15) is 5.75 Å². The van der Waals surface area contributed by atoms with Crippen molar-refractivity contribution in [2.45, 2.75) is 114 Å². The molecule has 0 amide bonds. The molecule has 0 radical (unpaired) electrons. The second-order valence-corrected chi connectivity index (χ2v) is 15.7. The lowest BCUT2D eigenvalue weighted by atomic mass is 9.50. The van der Waals surface area contributed by atoms with Crippen LogP contribution >= 0.6 is 11.8 Å². The van der Waals surface area contributed by atoms with E-state index in [9.17, 15) is 37.3 Å². The quantitative estimate of drug-likeness (QED) is 0.140. The third kappa shape index (κ3) is 6.52. The summed E-state index contributed by atoms with van der Waals surface area (Å²) in [6.45, 7) is 4.18. The minimum absolute atomic E-state index is 0.0677. The van der Waals surface area contributed by atoms with Crippen LogP contribution in [-0.2, 0) is 0 Å². The van der Waals surface area contributed by atoms with E-state index in [-0.39, 0.29) is 35.0 Å². The van der Waals surface area contributed by atoms with E-state index in [1.807, 2.05) is 6.07 Å². The summed E-state index contributed by atoms with van der Waals surface area (Å²) < 4.78 is 62.8. The Bertz CT molecular complexity index is 1130. The molecule has 250 valence electrons. The van der Waals surface area contributed by atoms with Gasteiger partial charge < -0.3 is 20.2 Å². The summed E-state index contributed by atoms with van der Waals surface area (Å²) >= 11 is 1.43. The number of hydrogen-bond donors (Lipinski definition) is 3. The van der Waals surface area contributed by atoms with E-state index in [1.54, 1.807) is 12.1 Å². The van der Waals surface area contributed by atoms with Gasteiger partial charge in [0, 0.05) is 11.8 Å². The average Bonchev–Trinajstić information content (AvgIpc) is 3.74. The SMILES string of the molecule is CN(CCCCC[C@H]1C2C(CC[C@@]3(C)C2C[C@@H](O)C32CC2)c2ccc(O)cc2[C@H]1O)CCCSCCCC(F)(F)C(F)(F)F. The van der Waals surface area contributed by atoms with Gasteiger partial charge in [0.25, 0.3) is 0 Å². The van der Waals surface area contributed by atoms with Crippen molar-refractivity contribution in [3.05, 3.63) is 29.3 Å². The highest BCUT2D eigenvalue weighted by atomic mass is 32.2. The zero-order valence-corrected chi connectivity index (χ0v) is 26.9. The van der Waals surface area contributed by atoms with E-state index >= 15 is 0 Å². The number of benzene rings is 1. The summed E-state index contributed by atoms with van der Waals surface area (Å²) in [4.78, 5) is 2.24. The maximum Gasteiger partial charge on any atom is 0.453 e. The molecule has 3 unspecified atom stereocenters. The zero-order valence-electron chi connectivity index (χ0n) is 26.1. The summed E-state index contributed by atoms with van der Waals surface area (Å²) in [5.41, 5.74) is 2.25. The van der Waals surface area contributed by atoms with Crippen LogP contribution in [0.3, 0.4) is 0 Å². The van der Waals surface area contributed by atoms with Gasteiger partial charge in [-0.05, 0) is 142 Å². The predicted octanol–water partition coefficient (Wildman–Crippen LogP) is 8.31. The average molecular weight is 648 g/mol. The number of thioether (sulfide) groups is 1. The molecule has 4 aliphatic rings. The molecular formula is C34H50F5NO3S. The number of aliphatic hydroxyl groups excluding tert-OH is 2. The molecule has 0 heterocycles. The van der Waals surface area contributed by atoms with Crippen LogP contribution in [0.25, 0.3) is 0 Å². The monoisotopic (exact) mass is 647 g/mol. The van der Waals surface area contributed by atoms with E-state index in [2.05, 4.69) is 18.9 Å². The fraction of sp³-hybridized carbons (Fsp3) is 0.824. The van der Waals surface area contributed by atoms with Crippen LogP contribution in [0.15, 0.2) is 18.2 Å². The number of phenols is 1. The minimum Gasteiger partial charge on any atom is -0.508 e.